The molecule has 4 heteroatoms. The van der Waals surface area contributed by atoms with Gasteiger partial charge < -0.3 is 15.6 Å². The van der Waals surface area contributed by atoms with Gasteiger partial charge in [0, 0.05) is 12.0 Å². The van der Waals surface area contributed by atoms with Crippen LogP contribution in [-0.2, 0) is 9.53 Å². The minimum atomic E-state index is -0.984. The number of nitrogens with two attached hydrogens (primary N) is 1. The first-order valence-corrected chi connectivity index (χ1v) is 6.98. The van der Waals surface area contributed by atoms with Crippen LogP contribution in [-0.4, -0.2) is 23.8 Å². The fourth-order valence-electron chi connectivity index (χ4n) is 2.27. The number of carbonyl (C=O) groups excluding carboxylic acids is 1. The number of aliphatic hydroxyl groups excluding tert-OH is 1. The number of rotatable bonds is 6. The smallest absolute Gasteiger partial charge is 0.314 e. The van der Waals surface area contributed by atoms with E-state index < -0.39 is 17.5 Å². The maximum absolute atomic E-state index is 11.9. The summed E-state index contributed by atoms with van der Waals surface area (Å²) in [6, 6.07) is 9.24. The molecule has 0 fully saturated rings. The maximum Gasteiger partial charge on any atom is 0.314 e. The van der Waals surface area contributed by atoms with E-state index in [1.54, 1.807) is 20.8 Å². The molecule has 112 valence electrons. The van der Waals surface area contributed by atoms with Crippen LogP contribution >= 0.6 is 0 Å². The van der Waals surface area contributed by atoms with Crippen molar-refractivity contribution < 1.29 is 14.6 Å². The lowest BCUT2D eigenvalue weighted by molar-refractivity contribution is -0.162. The zero-order valence-electron chi connectivity index (χ0n) is 12.7. The van der Waals surface area contributed by atoms with Crippen molar-refractivity contribution in [3.63, 3.8) is 0 Å². The van der Waals surface area contributed by atoms with E-state index in [1.165, 1.54) is 0 Å². The van der Waals surface area contributed by atoms with Crippen molar-refractivity contribution in [2.24, 2.45) is 17.1 Å². The third kappa shape index (κ3) is 3.58. The van der Waals surface area contributed by atoms with Crippen LogP contribution in [0.25, 0.3) is 0 Å². The molecule has 3 N–H and O–H groups in total. The van der Waals surface area contributed by atoms with Crippen molar-refractivity contribution in [3.8, 4) is 0 Å². The van der Waals surface area contributed by atoms with E-state index in [9.17, 15) is 9.90 Å². The third-order valence-corrected chi connectivity index (χ3v) is 3.79. The Morgan fingerprint density at radius 3 is 2.40 bits per heavy atom. The van der Waals surface area contributed by atoms with Gasteiger partial charge in [0.05, 0.1) is 18.1 Å². The minimum Gasteiger partial charge on any atom is -0.466 e. The summed E-state index contributed by atoms with van der Waals surface area (Å²) in [5.41, 5.74) is 6.16. The SMILES string of the molecule is CCOC(=O)C(C)(C)[C@@H](O)[C@@H](C)[C@@H](N)c1ccccc1. The highest BCUT2D eigenvalue weighted by atomic mass is 16.5. The van der Waals surface area contributed by atoms with E-state index in [0.29, 0.717) is 6.61 Å². The molecule has 3 atom stereocenters. The van der Waals surface area contributed by atoms with E-state index in [4.69, 9.17) is 10.5 Å². The van der Waals surface area contributed by atoms with Crippen molar-refractivity contribution in [1.29, 1.82) is 0 Å². The fraction of sp³-hybridized carbons (Fsp3) is 0.562. The third-order valence-electron chi connectivity index (χ3n) is 3.79. The van der Waals surface area contributed by atoms with Crippen LogP contribution in [0.5, 0.6) is 0 Å². The van der Waals surface area contributed by atoms with Crippen molar-refractivity contribution in [1.82, 2.24) is 0 Å². The molecule has 0 radical (unpaired) electrons. The Bertz CT molecular complexity index is 431. The quantitative estimate of drug-likeness (QED) is 0.784. The molecule has 0 aliphatic rings. The summed E-state index contributed by atoms with van der Waals surface area (Å²) < 4.78 is 5.02. The van der Waals surface area contributed by atoms with E-state index in [2.05, 4.69) is 0 Å². The van der Waals surface area contributed by atoms with Gasteiger partial charge in [-0.25, -0.2) is 0 Å². The lowest BCUT2D eigenvalue weighted by Crippen LogP contribution is -2.45. The van der Waals surface area contributed by atoms with Gasteiger partial charge in [0.25, 0.3) is 0 Å². The summed E-state index contributed by atoms with van der Waals surface area (Å²) in [5.74, 6) is -0.670. The molecule has 0 heterocycles. The number of aliphatic hydroxyl groups is 1. The maximum atomic E-state index is 11.9. The molecule has 1 rings (SSSR count). The van der Waals surface area contributed by atoms with Crippen LogP contribution in [0.2, 0.25) is 0 Å². The van der Waals surface area contributed by atoms with Gasteiger partial charge in [0.1, 0.15) is 0 Å². The summed E-state index contributed by atoms with van der Waals surface area (Å²) in [5, 5.41) is 10.5. The summed E-state index contributed by atoms with van der Waals surface area (Å²) in [6.45, 7) is 7.27. The second-order valence-corrected chi connectivity index (χ2v) is 5.68. The van der Waals surface area contributed by atoms with Gasteiger partial charge in [-0.2, -0.15) is 0 Å². The molecule has 0 unspecified atom stereocenters. The largest absolute Gasteiger partial charge is 0.466 e. The van der Waals surface area contributed by atoms with Crippen LogP contribution < -0.4 is 5.73 Å². The molecule has 1 aromatic carbocycles. The predicted molar refractivity (Wildman–Crippen MR) is 79.0 cm³/mol. The Morgan fingerprint density at radius 2 is 1.90 bits per heavy atom. The van der Waals surface area contributed by atoms with Crippen molar-refractivity contribution in [2.75, 3.05) is 6.61 Å². The van der Waals surface area contributed by atoms with Crippen molar-refractivity contribution in [3.05, 3.63) is 35.9 Å². The van der Waals surface area contributed by atoms with Gasteiger partial charge in [-0.05, 0) is 26.3 Å². The Labute approximate surface area is 120 Å². The fourth-order valence-corrected chi connectivity index (χ4v) is 2.27. The lowest BCUT2D eigenvalue weighted by Gasteiger charge is -2.35. The van der Waals surface area contributed by atoms with Gasteiger partial charge >= 0.3 is 5.97 Å². The summed E-state index contributed by atoms with van der Waals surface area (Å²) in [4.78, 5) is 11.9. The summed E-state index contributed by atoms with van der Waals surface area (Å²) >= 11 is 0. The number of esters is 1. The Kier molecular flexibility index (Phi) is 5.72. The van der Waals surface area contributed by atoms with Crippen LogP contribution in [0, 0.1) is 11.3 Å². The first-order valence-electron chi connectivity index (χ1n) is 6.98. The summed E-state index contributed by atoms with van der Waals surface area (Å²) in [6.07, 6.45) is -0.878. The number of hydrogen-bond acceptors (Lipinski definition) is 4. The van der Waals surface area contributed by atoms with Crippen LogP contribution in [0.4, 0.5) is 0 Å². The topological polar surface area (TPSA) is 72.5 Å². The molecule has 0 aromatic heterocycles. The number of hydrogen-bond donors (Lipinski definition) is 2. The Morgan fingerprint density at radius 1 is 1.35 bits per heavy atom. The van der Waals surface area contributed by atoms with Gasteiger partial charge in [-0.15, -0.1) is 0 Å². The first-order chi connectivity index (χ1) is 9.32. The molecule has 0 saturated carbocycles. The van der Waals surface area contributed by atoms with Gasteiger partial charge in [-0.3, -0.25) is 4.79 Å². The lowest BCUT2D eigenvalue weighted by atomic mass is 9.76. The van der Waals surface area contributed by atoms with Crippen LogP contribution in [0.3, 0.4) is 0 Å². The first kappa shape index (κ1) is 16.7. The van der Waals surface area contributed by atoms with E-state index in [0.717, 1.165) is 5.56 Å². The average molecular weight is 279 g/mol. The molecule has 0 aliphatic carbocycles. The highest BCUT2D eigenvalue weighted by Crippen LogP contribution is 2.33. The monoisotopic (exact) mass is 279 g/mol. The summed E-state index contributed by atoms with van der Waals surface area (Å²) in [7, 11) is 0. The van der Waals surface area contributed by atoms with E-state index in [1.807, 2.05) is 37.3 Å². The van der Waals surface area contributed by atoms with Gasteiger partial charge in [-0.1, -0.05) is 37.3 Å². The molecule has 0 amide bonds. The molecular formula is C16H25NO3. The zero-order valence-corrected chi connectivity index (χ0v) is 12.7. The normalized spacial score (nSPS) is 16.3. The van der Waals surface area contributed by atoms with E-state index in [-0.39, 0.29) is 12.0 Å². The molecule has 1 aromatic rings. The van der Waals surface area contributed by atoms with Crippen LogP contribution in [0.15, 0.2) is 30.3 Å². The van der Waals surface area contributed by atoms with Crippen molar-refractivity contribution >= 4 is 5.97 Å². The van der Waals surface area contributed by atoms with Crippen molar-refractivity contribution in [2.45, 2.75) is 39.8 Å². The number of ether oxygens (including phenoxy) is 1. The van der Waals surface area contributed by atoms with Gasteiger partial charge in [0.2, 0.25) is 0 Å². The van der Waals surface area contributed by atoms with Crippen LogP contribution in [0.1, 0.15) is 39.3 Å². The molecular weight excluding hydrogens is 254 g/mol. The minimum absolute atomic E-state index is 0.267. The highest BCUT2D eigenvalue weighted by Gasteiger charge is 2.41. The highest BCUT2D eigenvalue weighted by molar-refractivity contribution is 5.76. The second-order valence-electron chi connectivity index (χ2n) is 5.68. The van der Waals surface area contributed by atoms with Gasteiger partial charge in [0.15, 0.2) is 0 Å². The standard InChI is InChI=1S/C16H25NO3/c1-5-20-15(19)16(3,4)14(18)11(2)13(17)12-9-7-6-8-10-12/h6-11,13-14,18H,5,17H2,1-4H3/t11-,13+,14-/m0/s1. The molecule has 20 heavy (non-hydrogen) atoms. The molecule has 0 bridgehead atoms. The molecule has 0 aliphatic heterocycles. The zero-order chi connectivity index (χ0) is 15.3. The molecule has 0 saturated heterocycles. The number of carbonyl (C=O) groups is 1. The average Bonchev–Trinajstić information content (AvgIpc) is 2.46. The second kappa shape index (κ2) is 6.86. The predicted octanol–water partition coefficient (Wildman–Crippen LogP) is 2.27. The Hall–Kier alpha value is -1.39. The number of benzene rings is 1. The van der Waals surface area contributed by atoms with E-state index >= 15 is 0 Å². The Balaban J connectivity index is 2.85. The molecule has 4 nitrogen and oxygen atoms in total. The molecule has 0 spiro atoms.